The normalized spacial score (nSPS) is 12.7. The number of hydrogen-bond donors (Lipinski definition) is 3. The Morgan fingerprint density at radius 2 is 1.26 bits per heavy atom. The van der Waals surface area contributed by atoms with Crippen molar-refractivity contribution in [3.63, 3.8) is 0 Å². The SMILES string of the molecule is CC(C)(C)c1cc(C(C)(C)CNCc2ccccc2)cc(C(C)(C)C)c1O.O=C(O)C(F)(F)F. The smallest absolute Gasteiger partial charge is 0.490 e. The van der Waals surface area contributed by atoms with Gasteiger partial charge in [0.2, 0.25) is 0 Å². The fourth-order valence-electron chi connectivity index (χ4n) is 3.39. The minimum absolute atomic E-state index is 0.0392. The van der Waals surface area contributed by atoms with Gasteiger partial charge >= 0.3 is 12.1 Å². The van der Waals surface area contributed by atoms with E-state index >= 15 is 0 Å². The van der Waals surface area contributed by atoms with E-state index in [1.165, 1.54) is 11.1 Å². The molecule has 190 valence electrons. The van der Waals surface area contributed by atoms with Crippen molar-refractivity contribution >= 4 is 5.97 Å². The molecule has 0 heterocycles. The third-order valence-corrected chi connectivity index (χ3v) is 5.49. The Balaban J connectivity index is 0.000000718. The molecule has 0 aromatic heterocycles. The lowest BCUT2D eigenvalue weighted by molar-refractivity contribution is -0.192. The van der Waals surface area contributed by atoms with Crippen LogP contribution in [0.5, 0.6) is 5.75 Å². The molecule has 0 bridgehead atoms. The molecule has 0 atom stereocenters. The first-order valence-electron chi connectivity index (χ1n) is 11.2. The molecule has 4 nitrogen and oxygen atoms in total. The Bertz CT molecular complexity index is 919. The summed E-state index contributed by atoms with van der Waals surface area (Å²) in [6.07, 6.45) is -5.08. The van der Waals surface area contributed by atoms with E-state index in [0.29, 0.717) is 5.75 Å². The van der Waals surface area contributed by atoms with Crippen molar-refractivity contribution in [2.24, 2.45) is 0 Å². The van der Waals surface area contributed by atoms with Gasteiger partial charge in [-0.25, -0.2) is 4.79 Å². The number of aliphatic carboxylic acids is 1. The molecule has 0 saturated heterocycles. The molecule has 0 unspecified atom stereocenters. The summed E-state index contributed by atoms with van der Waals surface area (Å²) < 4.78 is 31.7. The minimum Gasteiger partial charge on any atom is -0.507 e. The zero-order valence-electron chi connectivity index (χ0n) is 21.4. The average molecular weight is 482 g/mol. The highest BCUT2D eigenvalue weighted by Gasteiger charge is 2.38. The van der Waals surface area contributed by atoms with E-state index < -0.39 is 12.1 Å². The number of carboxylic acids is 1. The van der Waals surface area contributed by atoms with Crippen molar-refractivity contribution < 1.29 is 28.2 Å². The van der Waals surface area contributed by atoms with Crippen LogP contribution < -0.4 is 5.32 Å². The van der Waals surface area contributed by atoms with Gasteiger partial charge in [-0.05, 0) is 33.1 Å². The molecule has 0 aliphatic carbocycles. The van der Waals surface area contributed by atoms with Crippen molar-refractivity contribution in [2.75, 3.05) is 6.54 Å². The highest BCUT2D eigenvalue weighted by molar-refractivity contribution is 5.73. The average Bonchev–Trinajstić information content (AvgIpc) is 2.66. The highest BCUT2D eigenvalue weighted by Crippen LogP contribution is 2.42. The first kappa shape index (κ1) is 29.5. The molecule has 0 radical (unpaired) electrons. The summed E-state index contributed by atoms with van der Waals surface area (Å²) in [6, 6.07) is 14.9. The molecular weight excluding hydrogens is 443 g/mol. The van der Waals surface area contributed by atoms with Gasteiger partial charge in [-0.1, -0.05) is 97.9 Å². The summed E-state index contributed by atoms with van der Waals surface area (Å²) in [7, 11) is 0. The van der Waals surface area contributed by atoms with Crippen molar-refractivity contribution in [3.8, 4) is 5.75 Å². The standard InChI is InChI=1S/C25H37NO.C2HF3O2/c1-23(2,3)20-14-19(15-21(22(20)27)24(4,5)6)25(7,8)17-26-16-18-12-10-9-11-13-18;3-2(4,5)1(6)7/h9-15,26-27H,16-17H2,1-8H3;(H,6,7). The summed E-state index contributed by atoms with van der Waals surface area (Å²) in [5, 5.41) is 21.7. The summed E-state index contributed by atoms with van der Waals surface area (Å²) >= 11 is 0. The Kier molecular flexibility index (Phi) is 9.37. The van der Waals surface area contributed by atoms with Crippen molar-refractivity contribution in [1.82, 2.24) is 5.32 Å². The number of rotatable bonds is 5. The third-order valence-electron chi connectivity index (χ3n) is 5.49. The molecule has 2 rings (SSSR count). The Morgan fingerprint density at radius 3 is 1.62 bits per heavy atom. The fourth-order valence-corrected chi connectivity index (χ4v) is 3.39. The quantitative estimate of drug-likeness (QED) is 0.445. The van der Waals surface area contributed by atoms with Crippen LogP contribution >= 0.6 is 0 Å². The molecule has 2 aromatic carbocycles. The number of benzene rings is 2. The molecule has 0 aliphatic heterocycles. The molecule has 3 N–H and O–H groups in total. The monoisotopic (exact) mass is 481 g/mol. The number of carboxylic acid groups (broad SMARTS) is 1. The number of carbonyl (C=O) groups is 1. The van der Waals surface area contributed by atoms with Gasteiger partial charge in [0.1, 0.15) is 5.75 Å². The van der Waals surface area contributed by atoms with E-state index in [1.807, 2.05) is 6.07 Å². The van der Waals surface area contributed by atoms with Crippen LogP contribution in [0.1, 0.15) is 77.6 Å². The van der Waals surface area contributed by atoms with Crippen LogP contribution in [0.25, 0.3) is 0 Å². The largest absolute Gasteiger partial charge is 0.507 e. The van der Waals surface area contributed by atoms with E-state index in [4.69, 9.17) is 9.90 Å². The number of aromatic hydroxyl groups is 1. The maximum atomic E-state index is 11.0. The predicted octanol–water partition coefficient (Wildman–Crippen LogP) is 6.69. The van der Waals surface area contributed by atoms with Gasteiger partial charge in [-0.3, -0.25) is 0 Å². The maximum Gasteiger partial charge on any atom is 0.490 e. The van der Waals surface area contributed by atoms with Crippen molar-refractivity contribution in [3.05, 3.63) is 64.7 Å². The molecule has 0 saturated carbocycles. The Labute approximate surface area is 201 Å². The third kappa shape index (κ3) is 8.67. The van der Waals surface area contributed by atoms with E-state index in [9.17, 15) is 18.3 Å². The van der Waals surface area contributed by atoms with Gasteiger partial charge in [-0.2, -0.15) is 13.2 Å². The molecule has 0 spiro atoms. The summed E-state index contributed by atoms with van der Waals surface area (Å²) in [5.41, 5.74) is 4.38. The first-order valence-corrected chi connectivity index (χ1v) is 11.2. The van der Waals surface area contributed by atoms with Crippen LogP contribution in [0.3, 0.4) is 0 Å². The second-order valence-corrected chi connectivity index (χ2v) is 11.2. The van der Waals surface area contributed by atoms with Gasteiger partial charge < -0.3 is 15.5 Å². The van der Waals surface area contributed by atoms with Crippen LogP contribution in [-0.2, 0) is 27.6 Å². The predicted molar refractivity (Wildman–Crippen MR) is 130 cm³/mol. The number of phenols is 1. The molecule has 0 aliphatic rings. The van der Waals surface area contributed by atoms with Crippen LogP contribution in [0.2, 0.25) is 0 Å². The van der Waals surface area contributed by atoms with Gasteiger partial charge in [0.15, 0.2) is 0 Å². The number of phenolic OH excluding ortho intramolecular Hbond substituents is 1. The van der Waals surface area contributed by atoms with Gasteiger partial charge in [0, 0.05) is 18.5 Å². The van der Waals surface area contributed by atoms with E-state index in [2.05, 4.69) is 97.1 Å². The molecule has 34 heavy (non-hydrogen) atoms. The van der Waals surface area contributed by atoms with E-state index in [0.717, 1.165) is 24.2 Å². The lowest BCUT2D eigenvalue weighted by Crippen LogP contribution is -2.33. The van der Waals surface area contributed by atoms with E-state index in [-0.39, 0.29) is 16.2 Å². The maximum absolute atomic E-state index is 11.0. The highest BCUT2D eigenvalue weighted by atomic mass is 19.4. The number of nitrogens with one attached hydrogen (secondary N) is 1. The lowest BCUT2D eigenvalue weighted by Gasteiger charge is -2.33. The van der Waals surface area contributed by atoms with Gasteiger partial charge in [0.05, 0.1) is 0 Å². The fraction of sp³-hybridized carbons (Fsp3) is 0.519. The van der Waals surface area contributed by atoms with Gasteiger partial charge in [0.25, 0.3) is 0 Å². The zero-order chi connectivity index (χ0) is 26.5. The number of alkyl halides is 3. The summed E-state index contributed by atoms with van der Waals surface area (Å²) in [4.78, 5) is 8.90. The molecule has 0 amide bonds. The van der Waals surface area contributed by atoms with Crippen LogP contribution in [-0.4, -0.2) is 28.9 Å². The lowest BCUT2D eigenvalue weighted by atomic mass is 9.74. The number of hydrogen-bond acceptors (Lipinski definition) is 3. The first-order chi connectivity index (χ1) is 15.3. The topological polar surface area (TPSA) is 69.6 Å². The Morgan fingerprint density at radius 1 is 0.853 bits per heavy atom. The summed E-state index contributed by atoms with van der Waals surface area (Å²) in [6.45, 7) is 19.3. The van der Waals surface area contributed by atoms with E-state index in [1.54, 1.807) is 0 Å². The molecular formula is C27H38F3NO3. The van der Waals surface area contributed by atoms with Crippen LogP contribution in [0, 0.1) is 0 Å². The van der Waals surface area contributed by atoms with Crippen LogP contribution in [0.15, 0.2) is 42.5 Å². The van der Waals surface area contributed by atoms with Crippen LogP contribution in [0.4, 0.5) is 13.2 Å². The second kappa shape index (κ2) is 10.8. The molecule has 2 aromatic rings. The summed E-state index contributed by atoms with van der Waals surface area (Å²) in [5.74, 6) is -2.31. The molecule has 7 heteroatoms. The minimum atomic E-state index is -5.08. The van der Waals surface area contributed by atoms with Crippen molar-refractivity contribution in [2.45, 2.75) is 84.4 Å². The number of halogens is 3. The van der Waals surface area contributed by atoms with Crippen molar-refractivity contribution in [1.29, 1.82) is 0 Å². The Hall–Kier alpha value is -2.54. The second-order valence-electron chi connectivity index (χ2n) is 11.2. The molecule has 0 fully saturated rings. The van der Waals surface area contributed by atoms with Gasteiger partial charge in [-0.15, -0.1) is 0 Å². The zero-order valence-corrected chi connectivity index (χ0v) is 21.4.